The van der Waals surface area contributed by atoms with Gasteiger partial charge in [0, 0.05) is 27.8 Å². The van der Waals surface area contributed by atoms with E-state index in [1.54, 1.807) is 0 Å². The minimum atomic E-state index is 0. The summed E-state index contributed by atoms with van der Waals surface area (Å²) in [6.07, 6.45) is 10.3. The second kappa shape index (κ2) is 25.0. The molecule has 0 N–H and O–H groups in total. The van der Waals surface area contributed by atoms with Crippen molar-refractivity contribution in [2.24, 2.45) is 0 Å². The van der Waals surface area contributed by atoms with Crippen molar-refractivity contribution >= 4 is 98.8 Å². The molecule has 408 valence electrons. The summed E-state index contributed by atoms with van der Waals surface area (Å²) in [7, 11) is 0. The van der Waals surface area contributed by atoms with Gasteiger partial charge in [0.2, 0.25) is 0 Å². The number of ether oxygens (including phenoxy) is 1. The molecule has 82 heavy (non-hydrogen) atoms. The Bertz CT molecular complexity index is 4120. The molecule has 0 aliphatic carbocycles. The SMILES string of the molecule is CCCCc1ccc(N(c2cc[c-]cc2)c2ccc3c4c(-c5ccccc5)c5c6cccc7c(N(c8ccc(CCCC)cc8)c8ccc(OC(C)CC)cc8)ccc(c5c(-c5ccccc5)c4c4cccc2c43)c76)cc1.[CH2-]CCC.[Os+2]. The van der Waals surface area contributed by atoms with Gasteiger partial charge in [0.05, 0.1) is 17.5 Å². The van der Waals surface area contributed by atoms with Crippen LogP contribution in [0.5, 0.6) is 5.75 Å². The topological polar surface area (TPSA) is 15.7 Å². The minimum Gasteiger partial charge on any atom is -0.491 e. The summed E-state index contributed by atoms with van der Waals surface area (Å²) in [6.45, 7) is 14.6. The normalized spacial score (nSPS) is 11.8. The Hall–Kier alpha value is -8.02. The predicted molar refractivity (Wildman–Crippen MR) is 351 cm³/mol. The average molecular weight is 1240 g/mol. The molecule has 13 rings (SSSR count). The van der Waals surface area contributed by atoms with Crippen LogP contribution in [0.25, 0.3) is 86.9 Å². The molecule has 1 unspecified atom stereocenters. The van der Waals surface area contributed by atoms with Crippen molar-refractivity contribution in [1.82, 2.24) is 0 Å². The molecule has 0 saturated heterocycles. The molecule has 0 bridgehead atoms. The molecule has 0 amide bonds. The zero-order valence-corrected chi connectivity index (χ0v) is 50.6. The molecule has 0 aliphatic heterocycles. The number of anilines is 6. The van der Waals surface area contributed by atoms with E-state index in [0.717, 1.165) is 65.6 Å². The summed E-state index contributed by atoms with van der Waals surface area (Å²) in [5, 5.41) is 15.2. The van der Waals surface area contributed by atoms with Crippen molar-refractivity contribution in [3.05, 3.63) is 243 Å². The van der Waals surface area contributed by atoms with E-state index in [0.29, 0.717) is 0 Å². The smallest absolute Gasteiger partial charge is 0.491 e. The van der Waals surface area contributed by atoms with Crippen LogP contribution in [0.1, 0.15) is 90.7 Å². The molecule has 3 nitrogen and oxygen atoms in total. The van der Waals surface area contributed by atoms with E-state index in [1.807, 2.05) is 12.1 Å². The summed E-state index contributed by atoms with van der Waals surface area (Å²) >= 11 is 0. The fourth-order valence-corrected chi connectivity index (χ4v) is 12.4. The van der Waals surface area contributed by atoms with Gasteiger partial charge in [-0.05, 0) is 187 Å². The molecule has 0 aliphatic rings. The van der Waals surface area contributed by atoms with Crippen LogP contribution in [-0.2, 0) is 32.6 Å². The van der Waals surface area contributed by atoms with Gasteiger partial charge in [-0.1, -0.05) is 186 Å². The Morgan fingerprint density at radius 3 is 1.17 bits per heavy atom. The molecule has 4 heteroatoms. The van der Waals surface area contributed by atoms with Gasteiger partial charge in [0.25, 0.3) is 0 Å². The Labute approximate surface area is 498 Å². The van der Waals surface area contributed by atoms with Gasteiger partial charge in [-0.15, -0.1) is 12.1 Å². The second-order valence-electron chi connectivity index (χ2n) is 21.9. The summed E-state index contributed by atoms with van der Waals surface area (Å²) in [6, 6.07) is 84.9. The van der Waals surface area contributed by atoms with Crippen molar-refractivity contribution in [2.75, 3.05) is 9.80 Å². The van der Waals surface area contributed by atoms with Gasteiger partial charge in [-0.2, -0.15) is 24.6 Å². The molecule has 1 atom stereocenters. The Morgan fingerprint density at radius 2 is 0.780 bits per heavy atom. The first-order valence-electron chi connectivity index (χ1n) is 29.7. The Balaban J connectivity index is 0.00000137. The summed E-state index contributed by atoms with van der Waals surface area (Å²) in [5.41, 5.74) is 14.5. The number of nitrogens with zero attached hydrogens (tertiary/aromatic N) is 2. The maximum absolute atomic E-state index is 6.32. The molecule has 0 fully saturated rings. The fraction of sp³-hybridized carbons (Fsp3) is 0.192. The molecule has 0 saturated carbocycles. The van der Waals surface area contributed by atoms with E-state index in [2.05, 4.69) is 264 Å². The molecule has 13 aromatic rings. The number of fused-ring (bicyclic) bond motifs is 6. The van der Waals surface area contributed by atoms with Crippen LogP contribution in [0.15, 0.2) is 218 Å². The number of rotatable bonds is 18. The first-order valence-corrected chi connectivity index (χ1v) is 29.7. The van der Waals surface area contributed by atoms with E-state index in [-0.39, 0.29) is 25.9 Å². The number of hydrogen-bond acceptors (Lipinski definition) is 3. The monoisotopic (exact) mass is 1240 g/mol. The van der Waals surface area contributed by atoms with Crippen LogP contribution < -0.4 is 14.5 Å². The Morgan fingerprint density at radius 1 is 0.402 bits per heavy atom. The summed E-state index contributed by atoms with van der Waals surface area (Å²) in [4.78, 5) is 4.89. The van der Waals surface area contributed by atoms with Gasteiger partial charge in [-0.25, -0.2) is 0 Å². The van der Waals surface area contributed by atoms with Crippen LogP contribution in [-0.4, -0.2) is 6.10 Å². The molecular weight excluding hydrogens is 1170 g/mol. The van der Waals surface area contributed by atoms with Gasteiger partial charge in [0.15, 0.2) is 0 Å². The van der Waals surface area contributed by atoms with Gasteiger partial charge < -0.3 is 21.5 Å². The molecule has 13 aromatic carbocycles. The van der Waals surface area contributed by atoms with Gasteiger partial charge in [0.1, 0.15) is 5.75 Å². The van der Waals surface area contributed by atoms with E-state index in [9.17, 15) is 0 Å². The van der Waals surface area contributed by atoms with Crippen LogP contribution in [0.4, 0.5) is 34.1 Å². The van der Waals surface area contributed by atoms with Crippen molar-refractivity contribution < 1.29 is 24.5 Å². The van der Waals surface area contributed by atoms with Crippen molar-refractivity contribution in [2.45, 2.75) is 98.5 Å². The number of aryl methyl sites for hydroxylation is 2. The number of unbranched alkanes of at least 4 members (excludes halogenated alkanes) is 3. The minimum absolute atomic E-state index is 0. The summed E-state index contributed by atoms with van der Waals surface area (Å²) < 4.78 is 6.32. The van der Waals surface area contributed by atoms with Crippen LogP contribution in [0.2, 0.25) is 0 Å². The van der Waals surface area contributed by atoms with Gasteiger partial charge >= 0.3 is 19.8 Å². The first kappa shape index (κ1) is 55.9. The zero-order chi connectivity index (χ0) is 55.4. The number of hydrogen-bond donors (Lipinski definition) is 0. The van der Waals surface area contributed by atoms with E-state index < -0.39 is 0 Å². The van der Waals surface area contributed by atoms with E-state index >= 15 is 0 Å². The van der Waals surface area contributed by atoms with Crippen LogP contribution in [0.3, 0.4) is 0 Å². The molecule has 0 aromatic heterocycles. The van der Waals surface area contributed by atoms with Gasteiger partial charge in [-0.3, -0.25) is 0 Å². The van der Waals surface area contributed by atoms with Crippen molar-refractivity contribution in [3.8, 4) is 28.0 Å². The Kier molecular flexibility index (Phi) is 17.0. The fourth-order valence-electron chi connectivity index (χ4n) is 12.4. The van der Waals surface area contributed by atoms with Crippen molar-refractivity contribution in [1.29, 1.82) is 0 Å². The molecule has 0 radical (unpaired) electrons. The third-order valence-electron chi connectivity index (χ3n) is 16.6. The van der Waals surface area contributed by atoms with E-state index in [1.165, 1.54) is 130 Å². The van der Waals surface area contributed by atoms with Crippen LogP contribution >= 0.6 is 0 Å². The predicted octanol–water partition coefficient (Wildman–Crippen LogP) is 23.0. The maximum atomic E-state index is 6.32. The summed E-state index contributed by atoms with van der Waals surface area (Å²) in [5.74, 6) is 0.886. The average Bonchev–Trinajstić information content (AvgIpc) is 1.89. The third kappa shape index (κ3) is 10.4. The van der Waals surface area contributed by atoms with Crippen LogP contribution in [0, 0.1) is 13.0 Å². The third-order valence-corrected chi connectivity index (χ3v) is 16.6. The molecule has 0 spiro atoms. The first-order chi connectivity index (χ1) is 39.9. The second-order valence-corrected chi connectivity index (χ2v) is 21.9. The standard InChI is InChI=1S/C74H63N2O.C4H9.Os/c1-5-8-21-50-33-37-55(38-34-50)75(54-27-17-12-18-28-54)65-47-45-63-69-59(65)29-19-31-61(69)71-67(52-23-13-10-14-24-52)74-64-46-48-66(60-30-20-32-62(70(60)64)72(74)68(73(63)71)53-25-15-11-16-26-53)76(56-39-35-51(36-40-56)22-9-6-2)57-41-43-58(44-42-57)77-49(4)7-3;1-3-4-2;/h10-11,13-20,23-49H,5-9,21-22H2,1-4H3;1,3-4H2,2H3;/q2*-1;+2. The molecule has 0 heterocycles. The zero-order valence-electron chi connectivity index (χ0n) is 48.1. The van der Waals surface area contributed by atoms with Crippen molar-refractivity contribution in [3.63, 3.8) is 0 Å². The van der Waals surface area contributed by atoms with E-state index in [4.69, 9.17) is 4.74 Å². The maximum Gasteiger partial charge on any atom is 2.00 e. The quantitative estimate of drug-likeness (QED) is 0.0797. The largest absolute Gasteiger partial charge is 2.00 e. The number of benzene rings is 11. The molecular formula is C78H72N2OOs.